The van der Waals surface area contributed by atoms with E-state index in [1.165, 1.54) is 11.3 Å². The zero-order valence-electron chi connectivity index (χ0n) is 15.6. The summed E-state index contributed by atoms with van der Waals surface area (Å²) in [6, 6.07) is 5.39. The summed E-state index contributed by atoms with van der Waals surface area (Å²) in [7, 11) is 0. The van der Waals surface area contributed by atoms with Crippen LogP contribution in [0.4, 0.5) is 10.5 Å². The summed E-state index contributed by atoms with van der Waals surface area (Å²) in [5, 5.41) is 4.55. The lowest BCUT2D eigenvalue weighted by molar-refractivity contribution is 0.0532. The highest BCUT2D eigenvalue weighted by molar-refractivity contribution is 7.12. The van der Waals surface area contributed by atoms with Crippen molar-refractivity contribution in [3.8, 4) is 11.3 Å². The number of pyridine rings is 1. The highest BCUT2D eigenvalue weighted by Gasteiger charge is 2.19. The van der Waals surface area contributed by atoms with Crippen molar-refractivity contribution < 1.29 is 19.1 Å². The molecule has 0 bridgehead atoms. The molecular formula is C19H21N3O4S. The predicted molar refractivity (Wildman–Crippen MR) is 104 cm³/mol. The van der Waals surface area contributed by atoms with Gasteiger partial charge in [0, 0.05) is 11.8 Å². The number of fused-ring (bicyclic) bond motifs is 1. The van der Waals surface area contributed by atoms with Gasteiger partial charge < -0.3 is 9.47 Å². The fourth-order valence-electron chi connectivity index (χ4n) is 2.54. The molecule has 142 valence electrons. The van der Waals surface area contributed by atoms with Crippen LogP contribution in [0.25, 0.3) is 16.9 Å². The second-order valence-electron chi connectivity index (χ2n) is 6.80. The van der Waals surface area contributed by atoms with Crippen LogP contribution in [0.5, 0.6) is 0 Å². The Kier molecular flexibility index (Phi) is 5.18. The van der Waals surface area contributed by atoms with E-state index in [1.807, 2.05) is 15.8 Å². The number of amides is 1. The van der Waals surface area contributed by atoms with Crippen molar-refractivity contribution in [2.24, 2.45) is 0 Å². The molecule has 8 heteroatoms. The van der Waals surface area contributed by atoms with Crippen LogP contribution in [-0.4, -0.2) is 33.7 Å². The molecule has 3 aromatic rings. The Hall–Kier alpha value is -2.87. The van der Waals surface area contributed by atoms with Crippen molar-refractivity contribution in [1.82, 2.24) is 9.38 Å². The van der Waals surface area contributed by atoms with Crippen molar-refractivity contribution in [1.29, 1.82) is 0 Å². The van der Waals surface area contributed by atoms with Crippen LogP contribution in [0.1, 0.15) is 37.4 Å². The minimum atomic E-state index is -0.584. The molecule has 3 heterocycles. The Morgan fingerprint density at radius 1 is 1.26 bits per heavy atom. The molecule has 27 heavy (non-hydrogen) atoms. The number of rotatable bonds is 4. The molecule has 3 rings (SSSR count). The third kappa shape index (κ3) is 4.28. The summed E-state index contributed by atoms with van der Waals surface area (Å²) >= 11 is 1.32. The monoisotopic (exact) mass is 387 g/mol. The Morgan fingerprint density at radius 2 is 2.04 bits per heavy atom. The first-order valence-corrected chi connectivity index (χ1v) is 9.38. The zero-order valence-corrected chi connectivity index (χ0v) is 16.4. The average molecular weight is 387 g/mol. The second-order valence-corrected chi connectivity index (χ2v) is 7.72. The van der Waals surface area contributed by atoms with Gasteiger partial charge in [-0.05, 0) is 51.3 Å². The number of nitrogens with one attached hydrogen (secondary N) is 1. The molecule has 0 atom stereocenters. The summed E-state index contributed by atoms with van der Waals surface area (Å²) in [4.78, 5) is 29.1. The van der Waals surface area contributed by atoms with Crippen molar-refractivity contribution in [2.75, 3.05) is 11.9 Å². The molecule has 0 radical (unpaired) electrons. The van der Waals surface area contributed by atoms with Crippen molar-refractivity contribution >= 4 is 34.7 Å². The van der Waals surface area contributed by atoms with Gasteiger partial charge in [-0.2, -0.15) is 0 Å². The molecule has 0 fully saturated rings. The molecule has 0 aliphatic rings. The van der Waals surface area contributed by atoms with E-state index >= 15 is 0 Å². The standard InChI is InChI=1S/C19H21N3O4S/c1-5-25-17(23)16-13(8-9-27-16)14-10-20-15-7-6-12(11-22(14)15)21-18(24)26-19(2,3)4/h6-11H,5H2,1-4H3,(H,21,24). The van der Waals surface area contributed by atoms with Gasteiger partial charge in [-0.1, -0.05) is 0 Å². The Bertz CT molecular complexity index is 984. The highest BCUT2D eigenvalue weighted by Crippen LogP contribution is 2.30. The fourth-order valence-corrected chi connectivity index (χ4v) is 3.34. The summed E-state index contributed by atoms with van der Waals surface area (Å²) in [5.74, 6) is -0.361. The van der Waals surface area contributed by atoms with E-state index in [2.05, 4.69) is 10.3 Å². The summed E-state index contributed by atoms with van der Waals surface area (Å²) in [6.45, 7) is 7.49. The quantitative estimate of drug-likeness (QED) is 0.662. The lowest BCUT2D eigenvalue weighted by atomic mass is 10.2. The maximum atomic E-state index is 12.2. The van der Waals surface area contributed by atoms with E-state index in [1.54, 1.807) is 52.2 Å². The normalized spacial score (nSPS) is 11.4. The number of ether oxygens (including phenoxy) is 2. The van der Waals surface area contributed by atoms with Crippen molar-refractivity contribution in [2.45, 2.75) is 33.3 Å². The van der Waals surface area contributed by atoms with Gasteiger partial charge in [0.05, 0.1) is 24.2 Å². The van der Waals surface area contributed by atoms with Crippen LogP contribution in [-0.2, 0) is 9.47 Å². The van der Waals surface area contributed by atoms with Crippen LogP contribution in [0.15, 0.2) is 36.0 Å². The number of thiophene rings is 1. The third-order valence-electron chi connectivity index (χ3n) is 3.55. The molecule has 1 N–H and O–H groups in total. The molecule has 0 aliphatic heterocycles. The topological polar surface area (TPSA) is 81.9 Å². The van der Waals surface area contributed by atoms with Gasteiger partial charge in [0.1, 0.15) is 16.1 Å². The first-order chi connectivity index (χ1) is 12.8. The molecule has 0 aliphatic carbocycles. The molecule has 0 unspecified atom stereocenters. The van der Waals surface area contributed by atoms with Gasteiger partial charge in [0.2, 0.25) is 0 Å². The van der Waals surface area contributed by atoms with Crippen LogP contribution < -0.4 is 5.32 Å². The van der Waals surface area contributed by atoms with Gasteiger partial charge in [0.15, 0.2) is 0 Å². The number of esters is 1. The van der Waals surface area contributed by atoms with Crippen molar-refractivity contribution in [3.05, 3.63) is 40.8 Å². The van der Waals surface area contributed by atoms with Crippen LogP contribution in [0, 0.1) is 0 Å². The number of nitrogens with zero attached hydrogens (tertiary/aromatic N) is 2. The number of anilines is 1. The third-order valence-corrected chi connectivity index (χ3v) is 4.45. The number of hydrogen-bond acceptors (Lipinski definition) is 6. The van der Waals surface area contributed by atoms with E-state index in [0.717, 1.165) is 11.3 Å². The molecule has 0 saturated heterocycles. The molecular weight excluding hydrogens is 366 g/mol. The SMILES string of the molecule is CCOC(=O)c1sccc1-c1cnc2ccc(NC(=O)OC(C)(C)C)cn12. The maximum absolute atomic E-state index is 12.2. The van der Waals surface area contributed by atoms with E-state index in [9.17, 15) is 9.59 Å². The molecule has 7 nitrogen and oxygen atoms in total. The molecule has 0 aromatic carbocycles. The number of carbonyl (C=O) groups excluding carboxylic acids is 2. The number of aromatic nitrogens is 2. The van der Waals surface area contributed by atoms with Gasteiger partial charge in [-0.3, -0.25) is 9.72 Å². The number of imidazole rings is 1. The molecule has 0 spiro atoms. The van der Waals surface area contributed by atoms with Crippen LogP contribution >= 0.6 is 11.3 Å². The lowest BCUT2D eigenvalue weighted by Crippen LogP contribution is -2.27. The summed E-state index contributed by atoms with van der Waals surface area (Å²) in [5.41, 5.74) is 2.15. The fraction of sp³-hybridized carbons (Fsp3) is 0.316. The van der Waals surface area contributed by atoms with E-state index in [-0.39, 0.29) is 5.97 Å². The van der Waals surface area contributed by atoms with Gasteiger partial charge in [0.25, 0.3) is 0 Å². The first-order valence-electron chi connectivity index (χ1n) is 8.50. The predicted octanol–water partition coefficient (Wildman–Crippen LogP) is 4.59. The smallest absolute Gasteiger partial charge is 0.412 e. The van der Waals surface area contributed by atoms with E-state index < -0.39 is 11.7 Å². The van der Waals surface area contributed by atoms with Gasteiger partial charge in [-0.15, -0.1) is 11.3 Å². The Morgan fingerprint density at radius 3 is 2.74 bits per heavy atom. The molecule has 3 aromatic heterocycles. The number of carbonyl (C=O) groups is 2. The Balaban J connectivity index is 1.94. The van der Waals surface area contributed by atoms with Gasteiger partial charge >= 0.3 is 12.1 Å². The van der Waals surface area contributed by atoms with Crippen LogP contribution in [0.3, 0.4) is 0 Å². The average Bonchev–Trinajstić information content (AvgIpc) is 3.18. The largest absolute Gasteiger partial charge is 0.462 e. The van der Waals surface area contributed by atoms with Crippen molar-refractivity contribution in [3.63, 3.8) is 0 Å². The molecule has 0 saturated carbocycles. The minimum Gasteiger partial charge on any atom is -0.462 e. The lowest BCUT2D eigenvalue weighted by Gasteiger charge is -2.19. The summed E-state index contributed by atoms with van der Waals surface area (Å²) < 4.78 is 12.2. The minimum absolute atomic E-state index is 0.313. The number of hydrogen-bond donors (Lipinski definition) is 1. The second kappa shape index (κ2) is 7.40. The van der Waals surface area contributed by atoms with E-state index in [4.69, 9.17) is 9.47 Å². The maximum Gasteiger partial charge on any atom is 0.412 e. The molecule has 1 amide bonds. The summed E-state index contributed by atoms with van der Waals surface area (Å²) in [6.07, 6.45) is 2.90. The first kappa shape index (κ1) is 18.9. The zero-order chi connectivity index (χ0) is 19.6. The van der Waals surface area contributed by atoms with E-state index in [0.29, 0.717) is 22.8 Å². The van der Waals surface area contributed by atoms with Crippen LogP contribution in [0.2, 0.25) is 0 Å². The Labute approximate surface area is 160 Å². The highest BCUT2D eigenvalue weighted by atomic mass is 32.1. The van der Waals surface area contributed by atoms with Gasteiger partial charge in [-0.25, -0.2) is 14.6 Å².